The fraction of sp³-hybridized carbons (Fsp3) is 0.231. The van der Waals surface area contributed by atoms with Gasteiger partial charge in [0.2, 0.25) is 0 Å². The SMILES string of the molecule is CNC(c1ccc(F)cc1I)c1ccsc1C. The van der Waals surface area contributed by atoms with Crippen LogP contribution in [0.15, 0.2) is 29.6 Å². The summed E-state index contributed by atoms with van der Waals surface area (Å²) >= 11 is 3.92. The molecule has 0 saturated carbocycles. The van der Waals surface area contributed by atoms with Gasteiger partial charge < -0.3 is 5.32 Å². The molecule has 0 aliphatic heterocycles. The van der Waals surface area contributed by atoms with Crippen molar-refractivity contribution in [2.45, 2.75) is 13.0 Å². The zero-order chi connectivity index (χ0) is 12.4. The van der Waals surface area contributed by atoms with Crippen LogP contribution in [0, 0.1) is 16.3 Å². The van der Waals surface area contributed by atoms with Crippen LogP contribution >= 0.6 is 33.9 Å². The molecule has 0 aliphatic carbocycles. The van der Waals surface area contributed by atoms with Crippen LogP contribution in [0.1, 0.15) is 22.0 Å². The Balaban J connectivity index is 2.46. The fourth-order valence-corrected chi connectivity index (χ4v) is 3.44. The van der Waals surface area contributed by atoms with Gasteiger partial charge in [-0.3, -0.25) is 0 Å². The lowest BCUT2D eigenvalue weighted by Gasteiger charge is -2.18. The second-order valence-corrected chi connectivity index (χ2v) is 6.10. The molecular formula is C13H13FINS. The first-order valence-electron chi connectivity index (χ1n) is 5.29. The van der Waals surface area contributed by atoms with Crippen LogP contribution in [0.3, 0.4) is 0 Å². The third-order valence-electron chi connectivity index (χ3n) is 2.77. The molecule has 0 saturated heterocycles. The van der Waals surface area contributed by atoms with E-state index in [1.807, 2.05) is 13.1 Å². The molecule has 1 N–H and O–H groups in total. The van der Waals surface area contributed by atoms with E-state index < -0.39 is 0 Å². The number of rotatable bonds is 3. The van der Waals surface area contributed by atoms with Gasteiger partial charge in [0.25, 0.3) is 0 Å². The van der Waals surface area contributed by atoms with Crippen LogP contribution in [0.5, 0.6) is 0 Å². The molecule has 17 heavy (non-hydrogen) atoms. The van der Waals surface area contributed by atoms with E-state index >= 15 is 0 Å². The van der Waals surface area contributed by atoms with Gasteiger partial charge in [-0.25, -0.2) is 4.39 Å². The van der Waals surface area contributed by atoms with E-state index in [-0.39, 0.29) is 11.9 Å². The summed E-state index contributed by atoms with van der Waals surface area (Å²) in [5, 5.41) is 5.39. The van der Waals surface area contributed by atoms with Gasteiger partial charge in [-0.05, 0) is 71.3 Å². The van der Waals surface area contributed by atoms with E-state index in [4.69, 9.17) is 0 Å². The normalized spacial score (nSPS) is 12.7. The van der Waals surface area contributed by atoms with Crippen molar-refractivity contribution in [3.05, 3.63) is 55.0 Å². The van der Waals surface area contributed by atoms with Gasteiger partial charge in [0.05, 0.1) is 6.04 Å². The molecule has 1 heterocycles. The first-order valence-corrected chi connectivity index (χ1v) is 7.25. The van der Waals surface area contributed by atoms with Gasteiger partial charge in [0.15, 0.2) is 0 Å². The molecule has 90 valence electrons. The molecule has 0 spiro atoms. The summed E-state index contributed by atoms with van der Waals surface area (Å²) in [6, 6.07) is 7.20. The number of hydrogen-bond acceptors (Lipinski definition) is 2. The molecule has 2 rings (SSSR count). The predicted molar refractivity (Wildman–Crippen MR) is 79.1 cm³/mol. The molecule has 0 bridgehead atoms. The molecule has 0 radical (unpaired) electrons. The highest BCUT2D eigenvalue weighted by Crippen LogP contribution is 2.30. The maximum Gasteiger partial charge on any atom is 0.124 e. The minimum atomic E-state index is -0.185. The molecule has 1 unspecified atom stereocenters. The largest absolute Gasteiger partial charge is 0.309 e. The lowest BCUT2D eigenvalue weighted by molar-refractivity contribution is 0.621. The lowest BCUT2D eigenvalue weighted by atomic mass is 10.00. The van der Waals surface area contributed by atoms with E-state index in [0.29, 0.717) is 0 Å². The molecule has 1 aromatic carbocycles. The summed E-state index contributed by atoms with van der Waals surface area (Å²) in [6.45, 7) is 2.11. The first-order chi connectivity index (χ1) is 8.13. The van der Waals surface area contributed by atoms with Crippen LogP contribution in [-0.2, 0) is 0 Å². The van der Waals surface area contributed by atoms with E-state index in [1.165, 1.54) is 16.5 Å². The summed E-state index contributed by atoms with van der Waals surface area (Å²) in [5.41, 5.74) is 2.39. The van der Waals surface area contributed by atoms with E-state index in [2.05, 4.69) is 46.3 Å². The number of hydrogen-bond donors (Lipinski definition) is 1. The maximum atomic E-state index is 13.1. The van der Waals surface area contributed by atoms with Crippen LogP contribution in [0.25, 0.3) is 0 Å². The molecular weight excluding hydrogens is 348 g/mol. The van der Waals surface area contributed by atoms with Gasteiger partial charge in [0, 0.05) is 8.45 Å². The highest BCUT2D eigenvalue weighted by molar-refractivity contribution is 14.1. The summed E-state index contributed by atoms with van der Waals surface area (Å²) in [6.07, 6.45) is 0. The van der Waals surface area contributed by atoms with Crippen molar-refractivity contribution >= 4 is 33.9 Å². The minimum absolute atomic E-state index is 0.133. The Morgan fingerprint density at radius 1 is 1.29 bits per heavy atom. The summed E-state index contributed by atoms with van der Waals surface area (Å²) in [7, 11) is 1.93. The van der Waals surface area contributed by atoms with E-state index in [1.54, 1.807) is 17.4 Å². The van der Waals surface area contributed by atoms with Gasteiger partial charge in [-0.2, -0.15) is 0 Å². The van der Waals surface area contributed by atoms with E-state index in [9.17, 15) is 4.39 Å². The van der Waals surface area contributed by atoms with Crippen LogP contribution in [-0.4, -0.2) is 7.05 Å². The zero-order valence-corrected chi connectivity index (χ0v) is 12.6. The Morgan fingerprint density at radius 3 is 2.59 bits per heavy atom. The third kappa shape index (κ3) is 2.69. The smallest absolute Gasteiger partial charge is 0.124 e. The molecule has 1 nitrogen and oxygen atoms in total. The molecule has 0 fully saturated rings. The molecule has 0 aliphatic rings. The van der Waals surface area contributed by atoms with Gasteiger partial charge >= 0.3 is 0 Å². The van der Waals surface area contributed by atoms with Crippen molar-refractivity contribution in [1.29, 1.82) is 0 Å². The molecule has 1 atom stereocenters. The van der Waals surface area contributed by atoms with Crippen molar-refractivity contribution in [3.63, 3.8) is 0 Å². The second kappa shape index (κ2) is 5.46. The van der Waals surface area contributed by atoms with Crippen LogP contribution in [0.4, 0.5) is 4.39 Å². The van der Waals surface area contributed by atoms with Crippen LogP contribution in [0.2, 0.25) is 0 Å². The lowest BCUT2D eigenvalue weighted by Crippen LogP contribution is -2.19. The summed E-state index contributed by atoms with van der Waals surface area (Å²) in [4.78, 5) is 1.30. The van der Waals surface area contributed by atoms with Crippen molar-refractivity contribution in [3.8, 4) is 0 Å². The van der Waals surface area contributed by atoms with E-state index in [0.717, 1.165) is 9.13 Å². The number of nitrogens with one attached hydrogen (secondary N) is 1. The van der Waals surface area contributed by atoms with Crippen molar-refractivity contribution < 1.29 is 4.39 Å². The van der Waals surface area contributed by atoms with Crippen molar-refractivity contribution in [2.24, 2.45) is 0 Å². The quantitative estimate of drug-likeness (QED) is 0.812. The highest BCUT2D eigenvalue weighted by Gasteiger charge is 2.17. The van der Waals surface area contributed by atoms with Gasteiger partial charge in [-0.1, -0.05) is 6.07 Å². The van der Waals surface area contributed by atoms with Gasteiger partial charge in [-0.15, -0.1) is 11.3 Å². The molecule has 2 aromatic rings. The Bertz CT molecular complexity index is 524. The number of halogens is 2. The minimum Gasteiger partial charge on any atom is -0.309 e. The molecule has 4 heteroatoms. The molecule has 0 amide bonds. The Labute approximate surface area is 118 Å². The van der Waals surface area contributed by atoms with Crippen molar-refractivity contribution in [2.75, 3.05) is 7.05 Å². The first kappa shape index (κ1) is 13.0. The average Bonchev–Trinajstić information content (AvgIpc) is 2.69. The average molecular weight is 361 g/mol. The Morgan fingerprint density at radius 2 is 2.06 bits per heavy atom. The summed E-state index contributed by atoms with van der Waals surface area (Å²) < 4.78 is 14.1. The zero-order valence-electron chi connectivity index (χ0n) is 9.63. The standard InChI is InChI=1S/C13H13FINS/c1-8-10(5-6-17-8)13(16-2)11-4-3-9(14)7-12(11)15/h3-7,13,16H,1-2H3. The Hall–Kier alpha value is -0.460. The number of benzene rings is 1. The van der Waals surface area contributed by atoms with Crippen LogP contribution < -0.4 is 5.32 Å². The van der Waals surface area contributed by atoms with Gasteiger partial charge in [0.1, 0.15) is 5.82 Å². The fourth-order valence-electron chi connectivity index (χ4n) is 1.91. The highest BCUT2D eigenvalue weighted by atomic mass is 127. The third-order valence-corrected chi connectivity index (χ3v) is 4.57. The predicted octanol–water partition coefficient (Wildman–Crippen LogP) is 4.11. The monoisotopic (exact) mass is 361 g/mol. The second-order valence-electron chi connectivity index (χ2n) is 3.82. The number of thiophene rings is 1. The maximum absolute atomic E-state index is 13.1. The van der Waals surface area contributed by atoms with Crippen molar-refractivity contribution in [1.82, 2.24) is 5.32 Å². The topological polar surface area (TPSA) is 12.0 Å². The Kier molecular flexibility index (Phi) is 4.17. The molecule has 1 aromatic heterocycles. The number of aryl methyl sites for hydroxylation is 1. The summed E-state index contributed by atoms with van der Waals surface area (Å²) in [5.74, 6) is -0.185.